The van der Waals surface area contributed by atoms with E-state index in [9.17, 15) is 0 Å². The van der Waals surface area contributed by atoms with Crippen molar-refractivity contribution in [2.75, 3.05) is 33.4 Å². The zero-order valence-corrected chi connectivity index (χ0v) is 10.4. The second kappa shape index (κ2) is 7.88. The summed E-state index contributed by atoms with van der Waals surface area (Å²) in [4.78, 5) is 2.30. The number of hydrogen-bond donors (Lipinski definition) is 1. The van der Waals surface area contributed by atoms with Crippen LogP contribution in [-0.4, -0.2) is 43.4 Å². The Morgan fingerprint density at radius 2 is 1.93 bits per heavy atom. The number of likely N-dealkylation sites (tertiary alicyclic amines) is 1. The van der Waals surface area contributed by atoms with Gasteiger partial charge in [-0.05, 0) is 31.5 Å². The van der Waals surface area contributed by atoms with Crippen LogP contribution in [0.5, 0.6) is 0 Å². The van der Waals surface area contributed by atoms with Crippen LogP contribution in [0.1, 0.15) is 32.1 Å². The lowest BCUT2D eigenvalue weighted by Gasteiger charge is -2.23. The number of hydrogen-bond acceptors (Lipinski definition) is 2. The zero-order valence-electron chi connectivity index (χ0n) is 9.63. The highest BCUT2D eigenvalue weighted by atomic mass is 32.1. The van der Waals surface area contributed by atoms with Gasteiger partial charge in [0.1, 0.15) is 0 Å². The van der Waals surface area contributed by atoms with E-state index >= 15 is 0 Å². The molecule has 4 heteroatoms. The first-order chi connectivity index (χ1) is 7.34. The molecule has 0 aliphatic carbocycles. The Labute approximate surface area is 98.2 Å². The lowest BCUT2D eigenvalue weighted by atomic mass is 10.2. The molecule has 88 valence electrons. The predicted molar refractivity (Wildman–Crippen MR) is 67.1 cm³/mol. The van der Waals surface area contributed by atoms with E-state index in [4.69, 9.17) is 17.0 Å². The Morgan fingerprint density at radius 3 is 2.53 bits per heavy atom. The SMILES string of the molecule is COCCCNC(=S)N1CCCCCC1. The molecule has 15 heavy (non-hydrogen) atoms. The van der Waals surface area contributed by atoms with Crippen molar-refractivity contribution >= 4 is 17.3 Å². The molecule has 0 atom stereocenters. The van der Waals surface area contributed by atoms with Gasteiger partial charge in [0.25, 0.3) is 0 Å². The monoisotopic (exact) mass is 230 g/mol. The van der Waals surface area contributed by atoms with Crippen molar-refractivity contribution in [2.24, 2.45) is 0 Å². The third-order valence-corrected chi connectivity index (χ3v) is 3.10. The molecular weight excluding hydrogens is 208 g/mol. The summed E-state index contributed by atoms with van der Waals surface area (Å²) in [5, 5.41) is 4.22. The molecule has 3 nitrogen and oxygen atoms in total. The highest BCUT2D eigenvalue weighted by molar-refractivity contribution is 7.80. The van der Waals surface area contributed by atoms with Crippen LogP contribution in [0.15, 0.2) is 0 Å². The van der Waals surface area contributed by atoms with Crippen molar-refractivity contribution < 1.29 is 4.74 Å². The maximum atomic E-state index is 5.36. The third kappa shape index (κ3) is 5.33. The number of thiocarbonyl (C=S) groups is 1. The number of nitrogens with one attached hydrogen (secondary N) is 1. The Kier molecular flexibility index (Phi) is 6.68. The molecular formula is C11H22N2OS. The van der Waals surface area contributed by atoms with Crippen LogP contribution in [0, 0.1) is 0 Å². The molecule has 0 aromatic heterocycles. The van der Waals surface area contributed by atoms with Gasteiger partial charge in [0.2, 0.25) is 0 Å². The smallest absolute Gasteiger partial charge is 0.168 e. The van der Waals surface area contributed by atoms with Crippen molar-refractivity contribution in [3.05, 3.63) is 0 Å². The van der Waals surface area contributed by atoms with Crippen LogP contribution in [-0.2, 0) is 4.74 Å². The summed E-state index contributed by atoms with van der Waals surface area (Å²) in [6, 6.07) is 0. The molecule has 0 aromatic carbocycles. The third-order valence-electron chi connectivity index (χ3n) is 2.69. The van der Waals surface area contributed by atoms with Gasteiger partial charge in [-0.15, -0.1) is 0 Å². The summed E-state index contributed by atoms with van der Waals surface area (Å²) in [5.41, 5.74) is 0. The second-order valence-corrected chi connectivity index (χ2v) is 4.37. The fourth-order valence-electron chi connectivity index (χ4n) is 1.80. The highest BCUT2D eigenvalue weighted by Crippen LogP contribution is 2.09. The maximum Gasteiger partial charge on any atom is 0.168 e. The van der Waals surface area contributed by atoms with Gasteiger partial charge in [0.15, 0.2) is 5.11 Å². The minimum atomic E-state index is 0.801. The van der Waals surface area contributed by atoms with Gasteiger partial charge in [-0.3, -0.25) is 0 Å². The summed E-state index contributed by atoms with van der Waals surface area (Å²) in [6.07, 6.45) is 6.27. The van der Waals surface area contributed by atoms with E-state index in [0.29, 0.717) is 0 Å². The van der Waals surface area contributed by atoms with Crippen molar-refractivity contribution in [3.8, 4) is 0 Å². The first kappa shape index (κ1) is 12.7. The van der Waals surface area contributed by atoms with Gasteiger partial charge in [0, 0.05) is 33.4 Å². The highest BCUT2D eigenvalue weighted by Gasteiger charge is 2.11. The second-order valence-electron chi connectivity index (χ2n) is 3.98. The predicted octanol–water partition coefficient (Wildman–Crippen LogP) is 1.77. The summed E-state index contributed by atoms with van der Waals surface area (Å²) < 4.78 is 4.99. The van der Waals surface area contributed by atoms with Crippen LogP contribution in [0.25, 0.3) is 0 Å². The van der Waals surface area contributed by atoms with Gasteiger partial charge in [0.05, 0.1) is 0 Å². The van der Waals surface area contributed by atoms with E-state index in [1.807, 2.05) is 0 Å². The molecule has 0 amide bonds. The van der Waals surface area contributed by atoms with Crippen molar-refractivity contribution in [3.63, 3.8) is 0 Å². The van der Waals surface area contributed by atoms with Gasteiger partial charge < -0.3 is 15.0 Å². The molecule has 0 spiro atoms. The lowest BCUT2D eigenvalue weighted by molar-refractivity contribution is 0.195. The van der Waals surface area contributed by atoms with Crippen LogP contribution >= 0.6 is 12.2 Å². The summed E-state index contributed by atoms with van der Waals surface area (Å²) >= 11 is 5.36. The molecule has 0 radical (unpaired) electrons. The van der Waals surface area contributed by atoms with Gasteiger partial charge in [-0.2, -0.15) is 0 Å². The number of ether oxygens (including phenoxy) is 1. The minimum Gasteiger partial charge on any atom is -0.385 e. The number of methoxy groups -OCH3 is 1. The standard InChI is InChI=1S/C11H22N2OS/c1-14-10-6-7-12-11(15)13-8-4-2-3-5-9-13/h2-10H2,1H3,(H,12,15). The Balaban J connectivity index is 2.14. The molecule has 1 fully saturated rings. The maximum absolute atomic E-state index is 5.36. The van der Waals surface area contributed by atoms with Gasteiger partial charge in [-0.25, -0.2) is 0 Å². The lowest BCUT2D eigenvalue weighted by Crippen LogP contribution is -2.40. The van der Waals surface area contributed by atoms with Crippen molar-refractivity contribution in [2.45, 2.75) is 32.1 Å². The topological polar surface area (TPSA) is 24.5 Å². The van der Waals surface area contributed by atoms with E-state index in [1.54, 1.807) is 7.11 Å². The normalized spacial score (nSPS) is 17.3. The van der Waals surface area contributed by atoms with E-state index in [-0.39, 0.29) is 0 Å². The van der Waals surface area contributed by atoms with E-state index in [2.05, 4.69) is 10.2 Å². The minimum absolute atomic E-state index is 0.801. The molecule has 1 saturated heterocycles. The summed E-state index contributed by atoms with van der Waals surface area (Å²) in [6.45, 7) is 3.96. The van der Waals surface area contributed by atoms with E-state index in [1.165, 1.54) is 25.7 Å². The van der Waals surface area contributed by atoms with Crippen LogP contribution in [0.3, 0.4) is 0 Å². The van der Waals surface area contributed by atoms with Crippen LogP contribution in [0.4, 0.5) is 0 Å². The van der Waals surface area contributed by atoms with Gasteiger partial charge in [-0.1, -0.05) is 12.8 Å². The molecule has 1 aliphatic heterocycles. The van der Waals surface area contributed by atoms with Crippen LogP contribution in [0.2, 0.25) is 0 Å². The molecule has 1 N–H and O–H groups in total. The van der Waals surface area contributed by atoms with Crippen molar-refractivity contribution in [1.29, 1.82) is 0 Å². The molecule has 0 saturated carbocycles. The zero-order chi connectivity index (χ0) is 10.9. The Hall–Kier alpha value is -0.350. The molecule has 1 aliphatic rings. The number of nitrogens with zero attached hydrogens (tertiary/aromatic N) is 1. The first-order valence-corrected chi connectivity index (χ1v) is 6.27. The average molecular weight is 230 g/mol. The van der Waals surface area contributed by atoms with Crippen LogP contribution < -0.4 is 5.32 Å². The molecule has 0 unspecified atom stereocenters. The molecule has 0 bridgehead atoms. The Morgan fingerprint density at radius 1 is 1.27 bits per heavy atom. The quantitative estimate of drug-likeness (QED) is 0.588. The number of rotatable bonds is 4. The van der Waals surface area contributed by atoms with Gasteiger partial charge >= 0.3 is 0 Å². The van der Waals surface area contributed by atoms with Crippen molar-refractivity contribution in [1.82, 2.24) is 10.2 Å². The molecule has 0 aromatic rings. The fourth-order valence-corrected chi connectivity index (χ4v) is 2.08. The molecule has 1 heterocycles. The summed E-state index contributed by atoms with van der Waals surface area (Å²) in [7, 11) is 1.73. The largest absolute Gasteiger partial charge is 0.385 e. The fraction of sp³-hybridized carbons (Fsp3) is 0.909. The van der Waals surface area contributed by atoms with E-state index in [0.717, 1.165) is 37.8 Å². The summed E-state index contributed by atoms with van der Waals surface area (Å²) in [5.74, 6) is 0. The molecule has 1 rings (SSSR count). The average Bonchev–Trinajstić information content (AvgIpc) is 2.52. The first-order valence-electron chi connectivity index (χ1n) is 5.86. The van der Waals surface area contributed by atoms with E-state index < -0.39 is 0 Å². The Bertz CT molecular complexity index is 179.